The maximum atomic E-state index is 7.36. The smallest absolute Gasteiger partial charge is 0.165 e. The quantitative estimate of drug-likeness (QED) is 0.135. The Kier molecular flexibility index (Phi) is 20.8. The Balaban J connectivity index is 0.00000128. The molecule has 2 aromatic carbocycles. The standard InChI is InChI=1S/C57H90N2O5.C2H6O.2C2H6/c1-15-19-26-58-34-40-31-55(13,36(6)54(10,11)12)32-46-56(40,17-3)47-38(16-2)22-24-44(50(47)63-46)61-27-28-62-45-25-23-39-29-43(59-33-37-20-21-37)42-30-41(35(5)53(7,8)9)49(60-14)52-57(42,18-4)48(39)51(45)64-52;1-3-2;2*1-2/h22-25,35-37,40-43,46,49,52,58-59H,15-21,26-34H2,1-14H3;1-2H3;2*1-2H3/t35-,36+,40?,41-,42?,43-,46+,49?,52+,55+,56-,57+;;;/m1.../s1. The van der Waals surface area contributed by atoms with Crippen LogP contribution in [0.5, 0.6) is 23.0 Å². The van der Waals surface area contributed by atoms with E-state index in [1.54, 1.807) is 14.2 Å². The van der Waals surface area contributed by atoms with Gasteiger partial charge >= 0.3 is 0 Å². The fourth-order valence-electron chi connectivity index (χ4n) is 14.6. The minimum Gasteiger partial charge on any atom is -0.486 e. The summed E-state index contributed by atoms with van der Waals surface area (Å²) in [4.78, 5) is 0. The Morgan fingerprint density at radius 2 is 1.37 bits per heavy atom. The van der Waals surface area contributed by atoms with Gasteiger partial charge in [0.25, 0.3) is 0 Å². The van der Waals surface area contributed by atoms with Crippen LogP contribution in [0.1, 0.15) is 198 Å². The lowest BCUT2D eigenvalue weighted by Crippen LogP contribution is -2.65. The molecule has 0 radical (unpaired) electrons. The van der Waals surface area contributed by atoms with Gasteiger partial charge in [0.15, 0.2) is 23.0 Å². The Morgan fingerprint density at radius 1 is 0.761 bits per heavy atom. The zero-order valence-electron chi connectivity index (χ0n) is 49.3. The number of ether oxygens (including phenoxy) is 6. The van der Waals surface area contributed by atoms with E-state index in [9.17, 15) is 0 Å². The fraction of sp³-hybridized carbons (Fsp3) is 0.810. The average Bonchev–Trinajstić information content (AvgIpc) is 4.03. The molecule has 8 rings (SSSR count). The van der Waals surface area contributed by atoms with E-state index >= 15 is 0 Å². The lowest BCUT2D eigenvalue weighted by molar-refractivity contribution is -0.135. The topological polar surface area (TPSA) is 79.4 Å². The average molecular weight is 990 g/mol. The van der Waals surface area contributed by atoms with E-state index in [-0.39, 0.29) is 45.4 Å². The molecule has 12 atom stereocenters. The van der Waals surface area contributed by atoms with Crippen LogP contribution < -0.4 is 29.6 Å². The Labute approximate surface area is 436 Å². The van der Waals surface area contributed by atoms with Gasteiger partial charge in [-0.05, 0) is 159 Å². The first-order valence-electron chi connectivity index (χ1n) is 29.1. The van der Waals surface area contributed by atoms with Crippen molar-refractivity contribution in [3.8, 4) is 23.0 Å². The number of methoxy groups -OCH3 is 2. The minimum atomic E-state index is -0.121. The van der Waals surface area contributed by atoms with Gasteiger partial charge in [-0.15, -0.1) is 0 Å². The van der Waals surface area contributed by atoms with E-state index < -0.39 is 0 Å². The lowest BCUT2D eigenvalue weighted by atomic mass is 9.49. The van der Waals surface area contributed by atoms with Crippen LogP contribution in [0.15, 0.2) is 24.3 Å². The van der Waals surface area contributed by atoms with Crippen LogP contribution in [-0.4, -0.2) is 78.5 Å². The summed E-state index contributed by atoms with van der Waals surface area (Å²) >= 11 is 0. The predicted molar refractivity (Wildman–Crippen MR) is 298 cm³/mol. The second-order valence-electron chi connectivity index (χ2n) is 24.7. The number of fused-ring (bicyclic) bond motifs is 3. The van der Waals surface area contributed by atoms with Crippen molar-refractivity contribution in [2.75, 3.05) is 54.2 Å². The van der Waals surface area contributed by atoms with Gasteiger partial charge in [-0.1, -0.05) is 136 Å². The number of unbranched alkanes of at least 4 members (excludes halogenated alkanes) is 1. The molecule has 8 heteroatoms. The lowest BCUT2D eigenvalue weighted by Gasteiger charge is -2.57. The summed E-state index contributed by atoms with van der Waals surface area (Å²) in [7, 11) is 5.17. The minimum absolute atomic E-state index is 0.00796. The summed E-state index contributed by atoms with van der Waals surface area (Å²) in [5.41, 5.74) is 6.01. The highest BCUT2D eigenvalue weighted by molar-refractivity contribution is 5.61. The maximum absolute atomic E-state index is 7.36. The number of benzene rings is 2. The van der Waals surface area contributed by atoms with Gasteiger partial charge in [0.2, 0.25) is 0 Å². The fourth-order valence-corrected chi connectivity index (χ4v) is 14.6. The van der Waals surface area contributed by atoms with Crippen LogP contribution in [0, 0.1) is 51.8 Å². The number of nitrogens with one attached hydrogen (secondary N) is 2. The molecule has 8 nitrogen and oxygen atoms in total. The van der Waals surface area contributed by atoms with Gasteiger partial charge in [0.1, 0.15) is 25.4 Å². The SMILES string of the molecule is CC.CC.CCCCNCC1C[C@](C)([C@@H](C)C(C)(C)C)C[C@@H]2Oc3c(OCCOc4ccc5c6c4O[C@H]4C(OC)[C@@H]([C@@H](C)C(C)(C)C)CC([C@H](NCC7CC7)C5)[C@@]64CC)ccc(CC)c3[C@]12CC.COC. The van der Waals surface area contributed by atoms with Crippen molar-refractivity contribution in [3.05, 3.63) is 46.5 Å². The van der Waals surface area contributed by atoms with Crippen LogP contribution in [0.4, 0.5) is 0 Å². The second kappa shape index (κ2) is 24.9. The molecule has 2 heterocycles. The van der Waals surface area contributed by atoms with Crippen molar-refractivity contribution in [3.63, 3.8) is 0 Å². The summed E-state index contributed by atoms with van der Waals surface area (Å²) in [5, 5.41) is 8.09. The summed E-state index contributed by atoms with van der Waals surface area (Å²) in [6, 6.07) is 9.47. The van der Waals surface area contributed by atoms with E-state index in [1.807, 2.05) is 34.8 Å². The Bertz CT molecular complexity index is 1970. The van der Waals surface area contributed by atoms with Crippen molar-refractivity contribution >= 4 is 0 Å². The Hall–Kier alpha value is -2.52. The van der Waals surface area contributed by atoms with E-state index in [1.165, 1.54) is 54.4 Å². The second-order valence-corrected chi connectivity index (χ2v) is 24.7. The summed E-state index contributed by atoms with van der Waals surface area (Å²) < 4.78 is 39.2. The maximum Gasteiger partial charge on any atom is 0.165 e. The van der Waals surface area contributed by atoms with E-state index in [0.29, 0.717) is 48.8 Å². The van der Waals surface area contributed by atoms with Crippen LogP contribution in [0.25, 0.3) is 0 Å². The monoisotopic (exact) mass is 989 g/mol. The van der Waals surface area contributed by atoms with E-state index in [2.05, 4.69) is 130 Å². The molecule has 0 aromatic heterocycles. The molecule has 3 saturated carbocycles. The van der Waals surface area contributed by atoms with Gasteiger partial charge in [-0.3, -0.25) is 0 Å². The summed E-state index contributed by atoms with van der Waals surface area (Å²) in [6.07, 6.45) is 12.7. The molecule has 2 N–H and O–H groups in total. The predicted octanol–water partition coefficient (Wildman–Crippen LogP) is 14.6. The first-order valence-corrected chi connectivity index (χ1v) is 29.1. The molecule has 3 fully saturated rings. The molecule has 0 bridgehead atoms. The van der Waals surface area contributed by atoms with Gasteiger partial charge < -0.3 is 39.1 Å². The first kappa shape index (κ1) is 59.4. The van der Waals surface area contributed by atoms with Gasteiger partial charge in [-0.25, -0.2) is 0 Å². The van der Waals surface area contributed by atoms with Crippen molar-refractivity contribution in [2.24, 2.45) is 51.8 Å². The Morgan fingerprint density at radius 3 is 1.90 bits per heavy atom. The van der Waals surface area contributed by atoms with Crippen LogP contribution >= 0.6 is 0 Å². The van der Waals surface area contributed by atoms with Gasteiger partial charge in [0, 0.05) is 49.3 Å². The van der Waals surface area contributed by atoms with Gasteiger partial charge in [-0.2, -0.15) is 0 Å². The molecular formula is C63H108N2O6. The molecule has 6 aliphatic rings. The van der Waals surface area contributed by atoms with Crippen molar-refractivity contribution in [1.82, 2.24) is 10.6 Å². The van der Waals surface area contributed by atoms with E-state index in [0.717, 1.165) is 87.1 Å². The number of rotatable bonds is 19. The molecule has 3 unspecified atom stereocenters. The third-order valence-corrected chi connectivity index (χ3v) is 19.1. The largest absolute Gasteiger partial charge is 0.486 e. The molecule has 4 aliphatic carbocycles. The molecule has 71 heavy (non-hydrogen) atoms. The molecule has 2 aromatic rings. The van der Waals surface area contributed by atoms with Crippen LogP contribution in [0.3, 0.4) is 0 Å². The molecule has 406 valence electrons. The highest BCUT2D eigenvalue weighted by Gasteiger charge is 2.66. The van der Waals surface area contributed by atoms with Crippen molar-refractivity contribution < 1.29 is 28.4 Å². The normalized spacial score (nSPS) is 30.8. The molecule has 0 saturated heterocycles. The number of hydrogen-bond donors (Lipinski definition) is 2. The number of hydrogen-bond acceptors (Lipinski definition) is 8. The first-order chi connectivity index (χ1) is 33.8. The number of aryl methyl sites for hydroxylation is 1. The zero-order chi connectivity index (χ0) is 52.7. The molecule has 0 spiro atoms. The van der Waals surface area contributed by atoms with Crippen molar-refractivity contribution in [2.45, 2.75) is 224 Å². The van der Waals surface area contributed by atoms with Crippen LogP contribution in [-0.2, 0) is 33.1 Å². The summed E-state index contributed by atoms with van der Waals surface area (Å²) in [6.45, 7) is 43.4. The molecule has 2 aliphatic heterocycles. The highest BCUT2D eigenvalue weighted by atomic mass is 16.6. The van der Waals surface area contributed by atoms with Crippen molar-refractivity contribution in [1.29, 1.82) is 0 Å². The zero-order valence-corrected chi connectivity index (χ0v) is 49.3. The van der Waals surface area contributed by atoms with Crippen LogP contribution in [0.2, 0.25) is 0 Å². The molecular weight excluding hydrogens is 881 g/mol. The third kappa shape index (κ3) is 11.5. The third-order valence-electron chi connectivity index (χ3n) is 19.1. The van der Waals surface area contributed by atoms with Gasteiger partial charge in [0.05, 0.1) is 6.10 Å². The highest BCUT2D eigenvalue weighted by Crippen LogP contribution is 2.66. The molecule has 0 amide bonds. The van der Waals surface area contributed by atoms with E-state index in [4.69, 9.17) is 23.7 Å². The summed E-state index contributed by atoms with van der Waals surface area (Å²) in [5.74, 6) is 6.85.